The fourth-order valence-electron chi connectivity index (χ4n) is 3.65. The molecule has 1 aromatic rings. The largest absolute Gasteiger partial charge is 0.492 e. The number of guanidine groups is 1. The van der Waals surface area contributed by atoms with Gasteiger partial charge in [-0.1, -0.05) is 32.9 Å². The minimum atomic E-state index is -0.146. The minimum absolute atomic E-state index is 0. The van der Waals surface area contributed by atoms with Crippen LogP contribution in [0.2, 0.25) is 0 Å². The topological polar surface area (TPSA) is 66.4 Å². The molecule has 1 heterocycles. The number of halogens is 1. The lowest BCUT2D eigenvalue weighted by molar-refractivity contribution is -0.145. The number of ether oxygens (including phenoxy) is 2. The van der Waals surface area contributed by atoms with Gasteiger partial charge in [-0.05, 0) is 36.7 Å². The Morgan fingerprint density at radius 1 is 1.23 bits per heavy atom. The summed E-state index contributed by atoms with van der Waals surface area (Å²) in [6.07, 6.45) is 0. The van der Waals surface area contributed by atoms with Gasteiger partial charge >= 0.3 is 5.97 Å². The second-order valence-electron chi connectivity index (χ2n) is 7.43. The van der Waals surface area contributed by atoms with E-state index < -0.39 is 0 Å². The molecule has 8 heteroatoms. The Morgan fingerprint density at radius 2 is 1.90 bits per heavy atom. The van der Waals surface area contributed by atoms with Crippen molar-refractivity contribution in [1.82, 2.24) is 15.1 Å². The quantitative estimate of drug-likeness (QED) is 0.229. The second kappa shape index (κ2) is 13.7. The maximum absolute atomic E-state index is 11.9. The molecule has 0 radical (unpaired) electrons. The fraction of sp³-hybridized carbons (Fsp3) is 0.636. The summed E-state index contributed by atoms with van der Waals surface area (Å²) < 4.78 is 10.8. The Balaban J connectivity index is 0.00000450. The Bertz CT molecular complexity index is 665. The summed E-state index contributed by atoms with van der Waals surface area (Å²) in [6.45, 7) is 12.2. The Kier molecular flexibility index (Phi) is 12.1. The van der Waals surface area contributed by atoms with Crippen molar-refractivity contribution >= 4 is 35.9 Å². The number of hydrogen-bond acceptors (Lipinski definition) is 5. The van der Waals surface area contributed by atoms with Crippen LogP contribution in [0, 0.1) is 11.8 Å². The van der Waals surface area contributed by atoms with E-state index in [1.165, 1.54) is 7.11 Å². The van der Waals surface area contributed by atoms with E-state index in [9.17, 15) is 4.79 Å². The molecule has 1 aromatic carbocycles. The number of nitrogens with zero attached hydrogens (tertiary/aromatic N) is 3. The van der Waals surface area contributed by atoms with Crippen molar-refractivity contribution in [3.63, 3.8) is 0 Å². The van der Waals surface area contributed by atoms with Crippen LogP contribution in [0.5, 0.6) is 5.75 Å². The molecular formula is C22H37IN4O3. The minimum Gasteiger partial charge on any atom is -0.492 e. The molecule has 1 fully saturated rings. The highest BCUT2D eigenvalue weighted by atomic mass is 127. The lowest BCUT2D eigenvalue weighted by atomic mass is 9.99. The number of esters is 1. The van der Waals surface area contributed by atoms with Gasteiger partial charge in [-0.2, -0.15) is 0 Å². The number of nitrogens with one attached hydrogen (secondary N) is 1. The number of carbonyl (C=O) groups excluding carboxylic acids is 1. The Hall–Kier alpha value is -1.55. The average Bonchev–Trinajstić information content (AvgIpc) is 3.13. The third kappa shape index (κ3) is 7.61. The van der Waals surface area contributed by atoms with E-state index in [1.54, 1.807) is 7.05 Å². The molecule has 170 valence electrons. The van der Waals surface area contributed by atoms with Crippen molar-refractivity contribution in [2.75, 3.05) is 53.5 Å². The number of hydrogen-bond donors (Lipinski definition) is 1. The van der Waals surface area contributed by atoms with Gasteiger partial charge in [0.25, 0.3) is 0 Å². The van der Waals surface area contributed by atoms with Crippen LogP contribution in [-0.4, -0.2) is 75.2 Å². The predicted octanol–water partition coefficient (Wildman–Crippen LogP) is 2.84. The number of benzene rings is 1. The second-order valence-corrected chi connectivity index (χ2v) is 7.43. The van der Waals surface area contributed by atoms with Gasteiger partial charge in [0.15, 0.2) is 5.96 Å². The summed E-state index contributed by atoms with van der Waals surface area (Å²) >= 11 is 0. The molecule has 7 nitrogen and oxygen atoms in total. The lowest BCUT2D eigenvalue weighted by Crippen LogP contribution is -2.40. The van der Waals surface area contributed by atoms with Gasteiger partial charge in [-0.25, -0.2) is 0 Å². The van der Waals surface area contributed by atoms with E-state index in [1.807, 2.05) is 12.1 Å². The van der Waals surface area contributed by atoms with Gasteiger partial charge in [0.1, 0.15) is 12.4 Å². The summed E-state index contributed by atoms with van der Waals surface area (Å²) in [6, 6.07) is 8.15. The third-order valence-corrected chi connectivity index (χ3v) is 5.57. The van der Waals surface area contributed by atoms with Crippen LogP contribution in [0.4, 0.5) is 0 Å². The van der Waals surface area contributed by atoms with Crippen LogP contribution < -0.4 is 10.1 Å². The first-order valence-corrected chi connectivity index (χ1v) is 10.5. The van der Waals surface area contributed by atoms with E-state index in [0.29, 0.717) is 19.7 Å². The van der Waals surface area contributed by atoms with Gasteiger partial charge in [0, 0.05) is 33.2 Å². The van der Waals surface area contributed by atoms with E-state index in [2.05, 4.69) is 53.0 Å². The van der Waals surface area contributed by atoms with E-state index in [0.717, 1.165) is 43.5 Å². The first-order valence-electron chi connectivity index (χ1n) is 10.5. The summed E-state index contributed by atoms with van der Waals surface area (Å²) in [5.41, 5.74) is 1.15. The van der Waals surface area contributed by atoms with Gasteiger partial charge in [-0.3, -0.25) is 9.79 Å². The lowest BCUT2D eigenvalue weighted by Gasteiger charge is -2.21. The number of carbonyl (C=O) groups is 1. The Labute approximate surface area is 198 Å². The highest BCUT2D eigenvalue weighted by Crippen LogP contribution is 2.24. The molecule has 30 heavy (non-hydrogen) atoms. The molecule has 2 unspecified atom stereocenters. The normalized spacial score (nSPS) is 18.9. The number of likely N-dealkylation sites (N-methyl/N-ethyl adjacent to an activating group) is 1. The number of rotatable bonds is 9. The van der Waals surface area contributed by atoms with Crippen molar-refractivity contribution in [2.24, 2.45) is 16.8 Å². The first-order chi connectivity index (χ1) is 14.0. The van der Waals surface area contributed by atoms with Gasteiger partial charge in [-0.15, -0.1) is 24.0 Å². The van der Waals surface area contributed by atoms with E-state index >= 15 is 0 Å². The maximum atomic E-state index is 11.9. The zero-order valence-electron chi connectivity index (χ0n) is 18.9. The molecule has 0 saturated carbocycles. The van der Waals surface area contributed by atoms with E-state index in [4.69, 9.17) is 9.47 Å². The van der Waals surface area contributed by atoms with Crippen LogP contribution in [-0.2, 0) is 16.1 Å². The SMILES string of the molecule is CCN(CC)CCOc1ccc(CNC(=NC)N2CC(C)C(C(=O)OC)C2)cc1.I. The molecule has 0 aromatic heterocycles. The van der Waals surface area contributed by atoms with Crippen molar-refractivity contribution < 1.29 is 14.3 Å². The summed E-state index contributed by atoms with van der Waals surface area (Å²) in [5, 5.41) is 3.39. The standard InChI is InChI=1S/C22H36N4O3.HI/c1-6-25(7-2)12-13-29-19-10-8-18(9-11-19)14-24-22(23-4)26-15-17(3)20(16-26)21(27)28-5;/h8-11,17,20H,6-7,12-16H2,1-5H3,(H,23,24);1H. The number of aliphatic imine (C=N–C) groups is 1. The zero-order valence-corrected chi connectivity index (χ0v) is 21.2. The number of methoxy groups -OCH3 is 1. The van der Waals surface area contributed by atoms with Crippen LogP contribution in [0.25, 0.3) is 0 Å². The van der Waals surface area contributed by atoms with Crippen molar-refractivity contribution in [3.05, 3.63) is 29.8 Å². The molecule has 0 bridgehead atoms. The third-order valence-electron chi connectivity index (χ3n) is 5.57. The molecule has 1 N–H and O–H groups in total. The monoisotopic (exact) mass is 532 g/mol. The average molecular weight is 532 g/mol. The zero-order chi connectivity index (χ0) is 21.2. The molecule has 0 spiro atoms. The van der Waals surface area contributed by atoms with Crippen molar-refractivity contribution in [2.45, 2.75) is 27.3 Å². The molecule has 0 aliphatic carbocycles. The van der Waals surface area contributed by atoms with Crippen molar-refractivity contribution in [1.29, 1.82) is 0 Å². The van der Waals surface area contributed by atoms with Crippen LogP contribution >= 0.6 is 24.0 Å². The van der Waals surface area contributed by atoms with Crippen LogP contribution in [0.3, 0.4) is 0 Å². The molecule has 2 atom stereocenters. The molecule has 0 amide bonds. The molecular weight excluding hydrogens is 495 g/mol. The molecule has 1 aliphatic heterocycles. The van der Waals surface area contributed by atoms with Crippen LogP contribution in [0.1, 0.15) is 26.3 Å². The van der Waals surface area contributed by atoms with Gasteiger partial charge in [0.05, 0.1) is 13.0 Å². The first kappa shape index (κ1) is 26.5. The summed E-state index contributed by atoms with van der Waals surface area (Å²) in [7, 11) is 3.22. The number of likely N-dealkylation sites (tertiary alicyclic amines) is 1. The molecule has 2 rings (SSSR count). The predicted molar refractivity (Wildman–Crippen MR) is 132 cm³/mol. The van der Waals surface area contributed by atoms with Crippen molar-refractivity contribution in [3.8, 4) is 5.75 Å². The maximum Gasteiger partial charge on any atom is 0.310 e. The summed E-state index contributed by atoms with van der Waals surface area (Å²) in [4.78, 5) is 20.8. The highest BCUT2D eigenvalue weighted by molar-refractivity contribution is 14.0. The fourth-order valence-corrected chi connectivity index (χ4v) is 3.65. The summed E-state index contributed by atoms with van der Waals surface area (Å²) in [5.74, 6) is 1.69. The van der Waals surface area contributed by atoms with Gasteiger partial charge in [0.2, 0.25) is 0 Å². The smallest absolute Gasteiger partial charge is 0.310 e. The highest BCUT2D eigenvalue weighted by Gasteiger charge is 2.36. The molecule has 1 saturated heterocycles. The Morgan fingerprint density at radius 3 is 2.47 bits per heavy atom. The van der Waals surface area contributed by atoms with E-state index in [-0.39, 0.29) is 41.8 Å². The molecule has 1 aliphatic rings. The van der Waals surface area contributed by atoms with Gasteiger partial charge < -0.3 is 24.6 Å². The van der Waals surface area contributed by atoms with Crippen LogP contribution in [0.15, 0.2) is 29.3 Å².